The van der Waals surface area contributed by atoms with Gasteiger partial charge in [0.05, 0.1) is 34.1 Å². The molecule has 0 bridgehead atoms. The predicted octanol–water partition coefficient (Wildman–Crippen LogP) is 8.73. The van der Waals surface area contributed by atoms with Gasteiger partial charge < -0.3 is 61.3 Å². The van der Waals surface area contributed by atoms with Gasteiger partial charge in [0.25, 0.3) is 0 Å². The largest absolute Gasteiger partial charge is 0.507 e. The van der Waals surface area contributed by atoms with Gasteiger partial charge >= 0.3 is 35.8 Å². The first-order valence-electron chi connectivity index (χ1n) is 17.8. The summed E-state index contributed by atoms with van der Waals surface area (Å²) in [4.78, 5) is 65.3. The Bertz CT molecular complexity index is 2470. The van der Waals surface area contributed by atoms with E-state index in [1.807, 2.05) is 0 Å². The summed E-state index contributed by atoms with van der Waals surface area (Å²) in [6, 6.07) is 21.8. The summed E-state index contributed by atoms with van der Waals surface area (Å²) in [6.07, 6.45) is 0. The number of carbonyl (C=O) groups is 6. The molecule has 0 saturated carbocycles. The maximum absolute atomic E-state index is 10.9. The molecule has 24 heteroatoms. The SMILES string of the molecule is O=C(O)c1cc(N=Nc2ccc(O)c(C(=O)O)c2)ccc1O.O=C(O)c1cc(N=Nc2ccc(O)c(C(=O)O)c2)ccc1O.O=C(O)c1cc(N=Nc2ccc(O)c(C(=O)O)c2)ccc1O. The number of azo groups is 3. The van der Waals surface area contributed by atoms with Crippen LogP contribution in [0.25, 0.3) is 0 Å². The summed E-state index contributed by atoms with van der Waals surface area (Å²) >= 11 is 0. The Labute approximate surface area is 367 Å². The zero-order chi connectivity index (χ0) is 48.8. The Morgan fingerprint density at radius 2 is 0.364 bits per heavy atom. The zero-order valence-electron chi connectivity index (χ0n) is 32.9. The Kier molecular flexibility index (Phi) is 15.8. The number of benzene rings is 6. The smallest absolute Gasteiger partial charge is 0.339 e. The van der Waals surface area contributed by atoms with Gasteiger partial charge in [-0.3, -0.25) is 0 Å². The fourth-order valence-corrected chi connectivity index (χ4v) is 4.89. The van der Waals surface area contributed by atoms with E-state index in [1.54, 1.807) is 0 Å². The topological polar surface area (TPSA) is 419 Å². The lowest BCUT2D eigenvalue weighted by Gasteiger charge is -2.01. The molecule has 336 valence electrons. The van der Waals surface area contributed by atoms with Crippen molar-refractivity contribution in [1.29, 1.82) is 0 Å². The van der Waals surface area contributed by atoms with Crippen molar-refractivity contribution < 1.29 is 90.0 Å². The van der Waals surface area contributed by atoms with Crippen molar-refractivity contribution in [2.24, 2.45) is 30.7 Å². The van der Waals surface area contributed by atoms with Crippen LogP contribution in [0, 0.1) is 0 Å². The first-order valence-corrected chi connectivity index (χ1v) is 17.8. The van der Waals surface area contributed by atoms with Gasteiger partial charge in [-0.25, -0.2) is 28.8 Å². The molecule has 6 rings (SSSR count). The number of phenols is 6. The van der Waals surface area contributed by atoms with Crippen LogP contribution in [0.5, 0.6) is 34.5 Å². The summed E-state index contributed by atoms with van der Waals surface area (Å²) in [5.74, 6) is -10.3. The number of hydrogen-bond donors (Lipinski definition) is 12. The molecule has 0 fully saturated rings. The Balaban J connectivity index is 0.000000216. The van der Waals surface area contributed by atoms with E-state index in [-0.39, 0.29) is 67.5 Å². The van der Waals surface area contributed by atoms with Crippen LogP contribution in [0.15, 0.2) is 140 Å². The Morgan fingerprint density at radius 1 is 0.242 bits per heavy atom. The van der Waals surface area contributed by atoms with Crippen molar-refractivity contribution in [3.63, 3.8) is 0 Å². The molecule has 6 aromatic rings. The highest BCUT2D eigenvalue weighted by molar-refractivity contribution is 5.94. The number of aromatic carboxylic acids is 6. The summed E-state index contributed by atoms with van der Waals surface area (Å²) in [7, 11) is 0. The minimum atomic E-state index is -1.31. The summed E-state index contributed by atoms with van der Waals surface area (Å²) in [5, 5.41) is 132. The van der Waals surface area contributed by atoms with Gasteiger partial charge in [0.2, 0.25) is 0 Å². The maximum Gasteiger partial charge on any atom is 0.339 e. The van der Waals surface area contributed by atoms with Crippen molar-refractivity contribution in [3.05, 3.63) is 143 Å². The normalized spacial score (nSPS) is 10.7. The van der Waals surface area contributed by atoms with Crippen molar-refractivity contribution in [2.75, 3.05) is 0 Å². The van der Waals surface area contributed by atoms with E-state index in [2.05, 4.69) is 30.7 Å². The highest BCUT2D eigenvalue weighted by Crippen LogP contribution is 2.31. The molecule has 0 aliphatic heterocycles. The van der Waals surface area contributed by atoms with E-state index in [1.165, 1.54) is 36.4 Å². The monoisotopic (exact) mass is 906 g/mol. The fraction of sp³-hybridized carbons (Fsp3) is 0. The second-order valence-electron chi connectivity index (χ2n) is 12.6. The van der Waals surface area contributed by atoms with E-state index >= 15 is 0 Å². The molecule has 0 aliphatic rings. The third kappa shape index (κ3) is 13.1. The van der Waals surface area contributed by atoms with Gasteiger partial charge in [-0.05, 0) is 109 Å². The van der Waals surface area contributed by atoms with Gasteiger partial charge in [-0.15, -0.1) is 0 Å². The van der Waals surface area contributed by atoms with E-state index in [0.29, 0.717) is 0 Å². The first-order chi connectivity index (χ1) is 31.1. The third-order valence-electron chi connectivity index (χ3n) is 8.11. The number of carboxylic acids is 6. The van der Waals surface area contributed by atoms with Gasteiger partial charge in [0, 0.05) is 0 Å². The first kappa shape index (κ1) is 48.4. The van der Waals surface area contributed by atoms with Gasteiger partial charge in [0.15, 0.2) is 0 Å². The lowest BCUT2D eigenvalue weighted by Crippen LogP contribution is -1.96. The molecule has 6 aromatic carbocycles. The molecule has 0 aromatic heterocycles. The van der Waals surface area contributed by atoms with E-state index < -0.39 is 70.3 Å². The molecule has 0 unspecified atom stereocenters. The Hall–Kier alpha value is -10.3. The van der Waals surface area contributed by atoms with Crippen molar-refractivity contribution in [2.45, 2.75) is 0 Å². The molecular formula is C42H30N6O18. The van der Waals surface area contributed by atoms with Gasteiger partial charge in [-0.1, -0.05) is 0 Å². The zero-order valence-corrected chi connectivity index (χ0v) is 32.9. The summed E-state index contributed by atoms with van der Waals surface area (Å²) < 4.78 is 0. The number of hydrogen-bond acceptors (Lipinski definition) is 18. The van der Waals surface area contributed by atoms with E-state index in [0.717, 1.165) is 72.8 Å². The number of rotatable bonds is 12. The molecule has 66 heavy (non-hydrogen) atoms. The molecule has 0 saturated heterocycles. The summed E-state index contributed by atoms with van der Waals surface area (Å²) in [6.45, 7) is 0. The van der Waals surface area contributed by atoms with Crippen LogP contribution < -0.4 is 0 Å². The van der Waals surface area contributed by atoms with Crippen molar-refractivity contribution >= 4 is 69.9 Å². The van der Waals surface area contributed by atoms with Crippen LogP contribution in [-0.2, 0) is 0 Å². The average molecular weight is 907 g/mol. The molecule has 0 radical (unpaired) electrons. The fourth-order valence-electron chi connectivity index (χ4n) is 4.89. The summed E-state index contributed by atoms with van der Waals surface area (Å²) in [5.41, 5.74) is -0.953. The molecule has 0 atom stereocenters. The highest BCUT2D eigenvalue weighted by Gasteiger charge is 2.15. The van der Waals surface area contributed by atoms with Crippen LogP contribution in [0.4, 0.5) is 34.1 Å². The second-order valence-corrected chi connectivity index (χ2v) is 12.6. The lowest BCUT2D eigenvalue weighted by atomic mass is 10.2. The minimum Gasteiger partial charge on any atom is -0.507 e. The quantitative estimate of drug-likeness (QED) is 0.0510. The minimum absolute atomic E-state index is 0.167. The molecular weight excluding hydrogens is 876 g/mol. The van der Waals surface area contributed by atoms with E-state index in [9.17, 15) is 59.4 Å². The molecule has 0 aliphatic carbocycles. The number of carboxylic acid groups (broad SMARTS) is 6. The maximum atomic E-state index is 10.9. The molecule has 0 amide bonds. The average Bonchev–Trinajstić information content (AvgIpc) is 3.26. The van der Waals surface area contributed by atoms with Gasteiger partial charge in [0.1, 0.15) is 67.9 Å². The van der Waals surface area contributed by atoms with Crippen LogP contribution >= 0.6 is 0 Å². The van der Waals surface area contributed by atoms with Gasteiger partial charge in [-0.2, -0.15) is 30.7 Å². The second kappa shape index (κ2) is 21.5. The standard InChI is InChI=1S/3C14H10N2O6/c3*17-11-3-1-7(5-9(11)13(19)20)15-16-8-2-4-12(18)10(6-8)14(21)22/h3*1-6,17-18H,(H,19,20)(H,21,22). The number of aromatic hydroxyl groups is 6. The Morgan fingerprint density at radius 3 is 0.470 bits per heavy atom. The van der Waals surface area contributed by atoms with Crippen LogP contribution in [0.2, 0.25) is 0 Å². The lowest BCUT2D eigenvalue weighted by molar-refractivity contribution is 0.0682. The molecule has 24 nitrogen and oxygen atoms in total. The van der Waals surface area contributed by atoms with E-state index in [4.69, 9.17) is 30.6 Å². The van der Waals surface area contributed by atoms with Crippen LogP contribution in [0.1, 0.15) is 62.1 Å². The third-order valence-corrected chi connectivity index (χ3v) is 8.11. The molecule has 0 spiro atoms. The van der Waals surface area contributed by atoms with Crippen molar-refractivity contribution in [3.8, 4) is 34.5 Å². The van der Waals surface area contributed by atoms with Crippen LogP contribution in [-0.4, -0.2) is 97.1 Å². The number of nitrogens with zero attached hydrogens (tertiary/aromatic N) is 6. The highest BCUT2D eigenvalue weighted by atomic mass is 16.4. The van der Waals surface area contributed by atoms with Crippen LogP contribution in [0.3, 0.4) is 0 Å². The predicted molar refractivity (Wildman–Crippen MR) is 223 cm³/mol. The molecule has 0 heterocycles. The molecule has 12 N–H and O–H groups in total. The van der Waals surface area contributed by atoms with Crippen molar-refractivity contribution in [1.82, 2.24) is 0 Å².